The Morgan fingerprint density at radius 2 is 1.85 bits per heavy atom. The van der Waals surface area contributed by atoms with Gasteiger partial charge in [-0.25, -0.2) is 0 Å². The van der Waals surface area contributed by atoms with Crippen LogP contribution in [-0.2, 0) is 9.59 Å². The van der Waals surface area contributed by atoms with Crippen molar-refractivity contribution in [3.05, 3.63) is 23.8 Å². The van der Waals surface area contributed by atoms with Crippen LogP contribution in [0.2, 0.25) is 0 Å². The molecule has 2 aliphatic rings. The lowest BCUT2D eigenvalue weighted by Crippen LogP contribution is -2.44. The van der Waals surface area contributed by atoms with E-state index in [4.69, 9.17) is 9.47 Å². The highest BCUT2D eigenvalue weighted by Crippen LogP contribution is 2.37. The Balaban J connectivity index is 1.73. The maximum absolute atomic E-state index is 12.9. The third-order valence-corrected chi connectivity index (χ3v) is 5.35. The van der Waals surface area contributed by atoms with E-state index in [9.17, 15) is 14.7 Å². The van der Waals surface area contributed by atoms with Crippen molar-refractivity contribution >= 4 is 11.9 Å². The molecule has 1 aromatic carbocycles. The van der Waals surface area contributed by atoms with Crippen LogP contribution >= 0.6 is 0 Å². The quantitative estimate of drug-likeness (QED) is 0.833. The Bertz CT molecular complexity index is 678. The second-order valence-electron chi connectivity index (χ2n) is 6.83. The number of carboxylic acid groups (broad SMARTS) is 1. The van der Waals surface area contributed by atoms with E-state index in [-0.39, 0.29) is 18.5 Å². The van der Waals surface area contributed by atoms with Crippen molar-refractivity contribution in [1.82, 2.24) is 9.80 Å². The Kier molecular flexibility index (Phi) is 5.66. The number of carbonyl (C=O) groups is 2. The number of benzene rings is 1. The maximum atomic E-state index is 12.9. The van der Waals surface area contributed by atoms with Crippen molar-refractivity contribution in [3.63, 3.8) is 0 Å². The predicted molar refractivity (Wildman–Crippen MR) is 95.5 cm³/mol. The molecule has 3 rings (SSSR count). The number of methoxy groups -OCH3 is 2. The number of nitrogens with zero attached hydrogens (tertiary/aromatic N) is 2. The van der Waals surface area contributed by atoms with Crippen LogP contribution in [0, 0.1) is 0 Å². The van der Waals surface area contributed by atoms with E-state index >= 15 is 0 Å². The summed E-state index contributed by atoms with van der Waals surface area (Å²) in [5.74, 6) is 0.465. The van der Waals surface area contributed by atoms with E-state index in [1.807, 2.05) is 23.1 Å². The molecule has 0 aliphatic carbocycles. The molecule has 2 heterocycles. The second kappa shape index (κ2) is 7.95. The molecule has 0 radical (unpaired) electrons. The molecule has 0 aromatic heterocycles. The topological polar surface area (TPSA) is 79.3 Å². The molecular formula is C19H26N2O5. The van der Waals surface area contributed by atoms with Gasteiger partial charge < -0.3 is 19.5 Å². The third kappa shape index (κ3) is 3.62. The van der Waals surface area contributed by atoms with Gasteiger partial charge in [-0.15, -0.1) is 0 Å². The zero-order valence-corrected chi connectivity index (χ0v) is 15.3. The van der Waals surface area contributed by atoms with Crippen molar-refractivity contribution in [2.45, 2.75) is 37.8 Å². The van der Waals surface area contributed by atoms with Crippen LogP contribution < -0.4 is 9.47 Å². The minimum absolute atomic E-state index is 0.00423. The SMILES string of the molecule is COc1ccc(C2CCCN2C(=O)CN2CCCC2C(=O)O)cc1OC. The van der Waals surface area contributed by atoms with Gasteiger partial charge in [0.05, 0.1) is 26.8 Å². The molecule has 2 unspecified atom stereocenters. The number of hydrogen-bond donors (Lipinski definition) is 1. The van der Waals surface area contributed by atoms with Crippen molar-refractivity contribution in [2.24, 2.45) is 0 Å². The Hall–Kier alpha value is -2.28. The van der Waals surface area contributed by atoms with E-state index in [1.54, 1.807) is 19.1 Å². The van der Waals surface area contributed by atoms with E-state index in [0.717, 1.165) is 24.8 Å². The first-order valence-corrected chi connectivity index (χ1v) is 9.03. The Morgan fingerprint density at radius 3 is 2.54 bits per heavy atom. The van der Waals surface area contributed by atoms with Gasteiger partial charge in [-0.2, -0.15) is 0 Å². The summed E-state index contributed by atoms with van der Waals surface area (Å²) >= 11 is 0. The second-order valence-corrected chi connectivity index (χ2v) is 6.83. The molecule has 0 bridgehead atoms. The summed E-state index contributed by atoms with van der Waals surface area (Å²) in [6.45, 7) is 1.53. The highest BCUT2D eigenvalue weighted by atomic mass is 16.5. The smallest absolute Gasteiger partial charge is 0.320 e. The minimum atomic E-state index is -0.840. The molecule has 142 valence electrons. The standard InChI is InChI=1S/C19H26N2O5/c1-25-16-8-7-13(11-17(16)26-2)14-5-4-10-21(14)18(22)12-20-9-3-6-15(20)19(23)24/h7-8,11,14-15H,3-6,9-10,12H2,1-2H3,(H,23,24). The molecule has 0 spiro atoms. The highest BCUT2D eigenvalue weighted by Gasteiger charge is 2.36. The number of carbonyl (C=O) groups excluding carboxylic acids is 1. The first kappa shape index (κ1) is 18.5. The van der Waals surface area contributed by atoms with Gasteiger partial charge in [0.15, 0.2) is 11.5 Å². The van der Waals surface area contributed by atoms with E-state index in [2.05, 4.69) is 0 Å². The summed E-state index contributed by atoms with van der Waals surface area (Å²) in [7, 11) is 3.19. The summed E-state index contributed by atoms with van der Waals surface area (Å²) in [6, 6.07) is 5.20. The average Bonchev–Trinajstić information content (AvgIpc) is 3.30. The lowest BCUT2D eigenvalue weighted by Gasteiger charge is -2.29. The van der Waals surface area contributed by atoms with Crippen molar-refractivity contribution in [3.8, 4) is 11.5 Å². The van der Waals surface area contributed by atoms with Crippen LogP contribution in [0.5, 0.6) is 11.5 Å². The number of aliphatic carboxylic acids is 1. The first-order valence-electron chi connectivity index (χ1n) is 9.03. The molecule has 1 aromatic rings. The summed E-state index contributed by atoms with van der Waals surface area (Å²) in [6.07, 6.45) is 3.27. The van der Waals surface area contributed by atoms with E-state index in [0.29, 0.717) is 31.0 Å². The van der Waals surface area contributed by atoms with Gasteiger partial charge >= 0.3 is 5.97 Å². The van der Waals surface area contributed by atoms with Gasteiger partial charge in [0, 0.05) is 6.54 Å². The lowest BCUT2D eigenvalue weighted by molar-refractivity contribution is -0.143. The van der Waals surface area contributed by atoms with Gasteiger partial charge in [-0.3, -0.25) is 14.5 Å². The van der Waals surface area contributed by atoms with Gasteiger partial charge in [-0.05, 0) is 49.9 Å². The van der Waals surface area contributed by atoms with Gasteiger partial charge in [0.25, 0.3) is 0 Å². The maximum Gasteiger partial charge on any atom is 0.320 e. The summed E-state index contributed by atoms with van der Waals surface area (Å²) in [4.78, 5) is 27.9. The largest absolute Gasteiger partial charge is 0.493 e. The fourth-order valence-electron chi connectivity index (χ4n) is 4.03. The number of amides is 1. The normalized spacial score (nSPS) is 23.2. The van der Waals surface area contributed by atoms with Crippen molar-refractivity contribution in [1.29, 1.82) is 0 Å². The fourth-order valence-corrected chi connectivity index (χ4v) is 4.03. The number of hydrogen-bond acceptors (Lipinski definition) is 5. The van der Waals surface area contributed by atoms with Crippen LogP contribution in [0.4, 0.5) is 0 Å². The van der Waals surface area contributed by atoms with Gasteiger partial charge in [-0.1, -0.05) is 6.07 Å². The summed E-state index contributed by atoms with van der Waals surface area (Å²) in [5.41, 5.74) is 1.02. The molecular weight excluding hydrogens is 336 g/mol. The molecule has 2 atom stereocenters. The zero-order chi connectivity index (χ0) is 18.7. The van der Waals surface area contributed by atoms with Crippen LogP contribution in [0.25, 0.3) is 0 Å². The summed E-state index contributed by atoms with van der Waals surface area (Å²) < 4.78 is 10.7. The molecule has 2 fully saturated rings. The molecule has 2 aliphatic heterocycles. The minimum Gasteiger partial charge on any atom is -0.493 e. The van der Waals surface area contributed by atoms with E-state index < -0.39 is 12.0 Å². The van der Waals surface area contributed by atoms with Crippen molar-refractivity contribution in [2.75, 3.05) is 33.9 Å². The molecule has 0 saturated carbocycles. The van der Waals surface area contributed by atoms with Crippen LogP contribution in [0.15, 0.2) is 18.2 Å². The van der Waals surface area contributed by atoms with Crippen LogP contribution in [0.1, 0.15) is 37.3 Å². The fraction of sp³-hybridized carbons (Fsp3) is 0.579. The van der Waals surface area contributed by atoms with Gasteiger partial charge in [0.2, 0.25) is 5.91 Å². The predicted octanol–water partition coefficient (Wildman–Crippen LogP) is 1.92. The molecule has 2 saturated heterocycles. The van der Waals surface area contributed by atoms with Crippen molar-refractivity contribution < 1.29 is 24.2 Å². The average molecular weight is 362 g/mol. The van der Waals surface area contributed by atoms with E-state index in [1.165, 1.54) is 0 Å². The number of carboxylic acids is 1. The number of rotatable bonds is 6. The Labute approximate surface area is 153 Å². The molecule has 26 heavy (non-hydrogen) atoms. The highest BCUT2D eigenvalue weighted by molar-refractivity contribution is 5.81. The summed E-state index contributed by atoms with van der Waals surface area (Å²) in [5, 5.41) is 9.31. The first-order chi connectivity index (χ1) is 12.5. The molecule has 7 nitrogen and oxygen atoms in total. The number of likely N-dealkylation sites (tertiary alicyclic amines) is 2. The van der Waals surface area contributed by atoms with Crippen LogP contribution in [-0.4, -0.2) is 66.7 Å². The molecule has 1 N–H and O–H groups in total. The van der Waals surface area contributed by atoms with Crippen LogP contribution in [0.3, 0.4) is 0 Å². The zero-order valence-electron chi connectivity index (χ0n) is 15.3. The Morgan fingerprint density at radius 1 is 1.12 bits per heavy atom. The lowest BCUT2D eigenvalue weighted by atomic mass is 10.0. The van der Waals surface area contributed by atoms with Gasteiger partial charge in [0.1, 0.15) is 6.04 Å². The molecule has 1 amide bonds. The third-order valence-electron chi connectivity index (χ3n) is 5.35. The molecule has 7 heteroatoms. The monoisotopic (exact) mass is 362 g/mol. The number of ether oxygens (including phenoxy) is 2.